The minimum Gasteiger partial charge on any atom is -0.462 e. The average molecular weight is 1180 g/mol. The number of allylic oxidation sites excluding steroid dienone is 12. The SMILES string of the molecule is CC/C=C\C/C=C\C/C=C\C/C=C\C/C=C\CCCCCCCCCC(=O)OC(COC(=O)CCCCCCCCCCCCCCCCCCCCCCCCCCCCC/C=C\CCCCCCCCCC)COP(=O)(O)OCCN. The number of hydrogen-bond acceptors (Lipinski definition) is 8. The van der Waals surface area contributed by atoms with Crippen molar-refractivity contribution >= 4 is 19.8 Å². The van der Waals surface area contributed by atoms with Crippen LogP contribution in [0.25, 0.3) is 0 Å². The molecule has 0 saturated heterocycles. The lowest BCUT2D eigenvalue weighted by atomic mass is 10.0. The van der Waals surface area contributed by atoms with E-state index < -0.39 is 26.5 Å². The molecular weight excluding hydrogens is 1050 g/mol. The Bertz CT molecular complexity index is 1590. The Morgan fingerprint density at radius 2 is 0.663 bits per heavy atom. The standard InChI is InChI=1S/C73H134NO8P/c1-3-5-7-9-11-13-15-17-19-21-23-25-27-28-29-30-31-32-33-34-35-36-37-38-39-40-41-42-44-45-47-49-51-53-55-57-59-61-63-65-72(75)79-69-71(70-81-83(77,78)80-68-67-74)82-73(76)66-64-62-60-58-56-54-52-50-48-46-43-26-24-22-20-18-16-14-12-10-8-6-4-2/h6,8,12,14,18,20-21,23-24,26,46,48,71H,3-5,7,9-11,13,15-17,19,22,25,27-45,47,49-70,74H2,1-2H3,(H,77,78)/b8-6-,14-12-,20-18-,23-21-,26-24-,48-46-. The Kier molecular flexibility index (Phi) is 66.5. The first-order chi connectivity index (χ1) is 40.8. The Hall–Kier alpha value is -2.55. The van der Waals surface area contributed by atoms with Crippen LogP contribution in [0.4, 0.5) is 0 Å². The van der Waals surface area contributed by atoms with Crippen molar-refractivity contribution in [2.24, 2.45) is 5.73 Å². The Balaban J connectivity index is 3.79. The van der Waals surface area contributed by atoms with Crippen molar-refractivity contribution in [3.8, 4) is 0 Å². The summed E-state index contributed by atoms with van der Waals surface area (Å²) in [7, 11) is -4.40. The molecular formula is C73H134NO8P. The van der Waals surface area contributed by atoms with E-state index in [0.29, 0.717) is 6.42 Å². The van der Waals surface area contributed by atoms with Gasteiger partial charge in [0.05, 0.1) is 13.2 Å². The zero-order valence-corrected chi connectivity index (χ0v) is 55.3. The zero-order valence-electron chi connectivity index (χ0n) is 54.4. The van der Waals surface area contributed by atoms with Gasteiger partial charge in [-0.2, -0.15) is 0 Å². The highest BCUT2D eigenvalue weighted by Crippen LogP contribution is 2.43. The molecule has 0 aromatic heterocycles. The first-order valence-electron chi connectivity index (χ1n) is 35.4. The van der Waals surface area contributed by atoms with Crippen LogP contribution in [-0.4, -0.2) is 49.3 Å². The van der Waals surface area contributed by atoms with Crippen LogP contribution in [0, 0.1) is 0 Å². The molecule has 9 nitrogen and oxygen atoms in total. The van der Waals surface area contributed by atoms with Gasteiger partial charge in [-0.3, -0.25) is 18.6 Å². The van der Waals surface area contributed by atoms with Gasteiger partial charge in [-0.15, -0.1) is 0 Å². The molecule has 0 aliphatic heterocycles. The number of rotatable bonds is 67. The molecule has 0 aromatic rings. The van der Waals surface area contributed by atoms with Gasteiger partial charge in [-0.05, 0) is 83.5 Å². The minimum absolute atomic E-state index is 0.0498. The van der Waals surface area contributed by atoms with Gasteiger partial charge in [-0.25, -0.2) is 4.57 Å². The van der Waals surface area contributed by atoms with Crippen molar-refractivity contribution < 1.29 is 37.6 Å². The second-order valence-electron chi connectivity index (χ2n) is 23.7. The lowest BCUT2D eigenvalue weighted by Crippen LogP contribution is -2.29. The number of ether oxygens (including phenoxy) is 2. The molecule has 0 aromatic carbocycles. The number of carbonyl (C=O) groups excluding carboxylic acids is 2. The second kappa shape index (κ2) is 68.6. The molecule has 0 aliphatic rings. The van der Waals surface area contributed by atoms with Gasteiger partial charge in [0, 0.05) is 19.4 Å². The monoisotopic (exact) mass is 1180 g/mol. The van der Waals surface area contributed by atoms with E-state index in [0.717, 1.165) is 77.0 Å². The fourth-order valence-electron chi connectivity index (χ4n) is 10.4. The lowest BCUT2D eigenvalue weighted by molar-refractivity contribution is -0.161. The van der Waals surface area contributed by atoms with Crippen molar-refractivity contribution in [2.45, 2.75) is 354 Å². The molecule has 0 radical (unpaired) electrons. The van der Waals surface area contributed by atoms with Crippen molar-refractivity contribution in [1.82, 2.24) is 0 Å². The largest absolute Gasteiger partial charge is 0.472 e. The molecule has 2 atom stereocenters. The summed E-state index contributed by atoms with van der Waals surface area (Å²) >= 11 is 0. The molecule has 2 unspecified atom stereocenters. The van der Waals surface area contributed by atoms with Crippen LogP contribution in [0.5, 0.6) is 0 Å². The van der Waals surface area contributed by atoms with E-state index in [9.17, 15) is 19.0 Å². The molecule has 3 N–H and O–H groups in total. The van der Waals surface area contributed by atoms with Gasteiger partial charge in [0.25, 0.3) is 0 Å². The van der Waals surface area contributed by atoms with Gasteiger partial charge in [0.2, 0.25) is 0 Å². The van der Waals surface area contributed by atoms with E-state index in [4.69, 9.17) is 24.3 Å². The summed E-state index contributed by atoms with van der Waals surface area (Å²) in [6.07, 6.45) is 90.2. The smallest absolute Gasteiger partial charge is 0.462 e. The molecule has 0 amide bonds. The van der Waals surface area contributed by atoms with E-state index in [-0.39, 0.29) is 38.6 Å². The molecule has 83 heavy (non-hydrogen) atoms. The van der Waals surface area contributed by atoms with E-state index in [1.54, 1.807) is 0 Å². The third kappa shape index (κ3) is 68.4. The van der Waals surface area contributed by atoms with E-state index in [1.165, 1.54) is 238 Å². The van der Waals surface area contributed by atoms with Crippen molar-refractivity contribution in [3.05, 3.63) is 72.9 Å². The summed E-state index contributed by atoms with van der Waals surface area (Å²) in [5.74, 6) is -0.829. The lowest BCUT2D eigenvalue weighted by Gasteiger charge is -2.19. The molecule has 0 spiro atoms. The number of hydrogen-bond donors (Lipinski definition) is 2. The average Bonchev–Trinajstić information content (AvgIpc) is 3.48. The van der Waals surface area contributed by atoms with E-state index in [2.05, 4.69) is 86.8 Å². The first-order valence-corrected chi connectivity index (χ1v) is 36.9. The Labute approximate surface area is 513 Å². The molecule has 0 aliphatic carbocycles. The number of nitrogens with two attached hydrogens (primary N) is 1. The highest BCUT2D eigenvalue weighted by atomic mass is 31.2. The highest BCUT2D eigenvalue weighted by Gasteiger charge is 2.26. The maximum Gasteiger partial charge on any atom is 0.472 e. The van der Waals surface area contributed by atoms with Gasteiger partial charge < -0.3 is 20.1 Å². The number of phosphoric ester groups is 1. The quantitative estimate of drug-likeness (QED) is 0.0264. The summed E-state index contributed by atoms with van der Waals surface area (Å²) < 4.78 is 33.1. The van der Waals surface area contributed by atoms with Gasteiger partial charge >= 0.3 is 19.8 Å². The summed E-state index contributed by atoms with van der Waals surface area (Å²) in [6, 6.07) is 0. The molecule has 484 valence electrons. The minimum atomic E-state index is -4.40. The predicted molar refractivity (Wildman–Crippen MR) is 358 cm³/mol. The summed E-state index contributed by atoms with van der Waals surface area (Å²) in [4.78, 5) is 35.3. The Morgan fingerprint density at radius 1 is 0.373 bits per heavy atom. The van der Waals surface area contributed by atoms with Crippen LogP contribution in [0.2, 0.25) is 0 Å². The number of esters is 2. The van der Waals surface area contributed by atoms with Crippen LogP contribution >= 0.6 is 7.82 Å². The number of carbonyl (C=O) groups is 2. The van der Waals surface area contributed by atoms with Gasteiger partial charge in [-0.1, -0.05) is 324 Å². The van der Waals surface area contributed by atoms with Crippen LogP contribution in [0.1, 0.15) is 348 Å². The third-order valence-electron chi connectivity index (χ3n) is 15.6. The second-order valence-corrected chi connectivity index (χ2v) is 25.2. The summed E-state index contributed by atoms with van der Waals surface area (Å²) in [6.45, 7) is 3.66. The molecule has 10 heteroatoms. The summed E-state index contributed by atoms with van der Waals surface area (Å²) in [5.41, 5.74) is 5.40. The fraction of sp³-hybridized carbons (Fsp3) is 0.808. The molecule has 0 saturated carbocycles. The summed E-state index contributed by atoms with van der Waals surface area (Å²) in [5, 5.41) is 0. The predicted octanol–water partition coefficient (Wildman–Crippen LogP) is 23.2. The number of unbranched alkanes of at least 4 members (excludes halogenated alkanes) is 42. The fourth-order valence-corrected chi connectivity index (χ4v) is 11.1. The van der Waals surface area contributed by atoms with E-state index >= 15 is 0 Å². The molecule has 0 heterocycles. The van der Waals surface area contributed by atoms with Crippen molar-refractivity contribution in [1.29, 1.82) is 0 Å². The maximum absolute atomic E-state index is 12.7. The molecule has 0 rings (SSSR count). The normalized spacial score (nSPS) is 13.3. The van der Waals surface area contributed by atoms with Crippen molar-refractivity contribution in [2.75, 3.05) is 26.4 Å². The first kappa shape index (κ1) is 80.5. The van der Waals surface area contributed by atoms with Crippen LogP contribution in [-0.2, 0) is 32.7 Å². The molecule has 0 fully saturated rings. The maximum atomic E-state index is 12.7. The van der Waals surface area contributed by atoms with Crippen LogP contribution in [0.15, 0.2) is 72.9 Å². The molecule has 0 bridgehead atoms. The van der Waals surface area contributed by atoms with Crippen LogP contribution < -0.4 is 5.73 Å². The van der Waals surface area contributed by atoms with Gasteiger partial charge in [0.1, 0.15) is 6.61 Å². The van der Waals surface area contributed by atoms with Gasteiger partial charge in [0.15, 0.2) is 6.10 Å². The highest BCUT2D eigenvalue weighted by molar-refractivity contribution is 7.47. The van der Waals surface area contributed by atoms with Crippen molar-refractivity contribution in [3.63, 3.8) is 0 Å². The Morgan fingerprint density at radius 3 is 1.00 bits per heavy atom. The van der Waals surface area contributed by atoms with E-state index in [1.807, 2.05) is 0 Å². The number of phosphoric acid groups is 1. The van der Waals surface area contributed by atoms with Crippen LogP contribution in [0.3, 0.4) is 0 Å². The third-order valence-corrected chi connectivity index (χ3v) is 16.6. The topological polar surface area (TPSA) is 134 Å². The zero-order chi connectivity index (χ0) is 60.1.